The molecule has 142 valence electrons. The highest BCUT2D eigenvalue weighted by Crippen LogP contribution is 2.33. The van der Waals surface area contributed by atoms with Crippen LogP contribution in [0.5, 0.6) is 5.75 Å². The molecule has 0 spiro atoms. The molecule has 1 aliphatic rings. The summed E-state index contributed by atoms with van der Waals surface area (Å²) in [6.07, 6.45) is 0.182. The molecule has 0 bridgehead atoms. The Balaban J connectivity index is 1.70. The third-order valence-electron chi connectivity index (χ3n) is 4.68. The Morgan fingerprint density at radius 1 is 1.26 bits per heavy atom. The van der Waals surface area contributed by atoms with Crippen molar-refractivity contribution in [1.29, 1.82) is 0 Å². The fraction of sp³-hybridized carbons (Fsp3) is 0.333. The lowest BCUT2D eigenvalue weighted by molar-refractivity contribution is -0.126. The summed E-state index contributed by atoms with van der Waals surface area (Å²) in [5, 5.41) is 3.59. The lowest BCUT2D eigenvalue weighted by atomic mass is 10.0. The zero-order chi connectivity index (χ0) is 19.4. The van der Waals surface area contributed by atoms with E-state index in [-0.39, 0.29) is 24.3 Å². The number of anilines is 1. The molecule has 0 aromatic heterocycles. The standard InChI is InChI=1S/C21H23ClN2O3/c1-3-27-19-11-7-6-10-18(19)24-13-15(12-20(24)25)21(26)23-14(2)16-8-4-5-9-17(16)22/h4-11,14-15H,3,12-13H2,1-2H3,(H,23,26). The van der Waals surface area contributed by atoms with Crippen LogP contribution in [0.1, 0.15) is 31.9 Å². The fourth-order valence-corrected chi connectivity index (χ4v) is 3.61. The van der Waals surface area contributed by atoms with Crippen LogP contribution in [-0.4, -0.2) is 25.0 Å². The van der Waals surface area contributed by atoms with Crippen molar-refractivity contribution in [1.82, 2.24) is 5.32 Å². The number of halogens is 1. The molecule has 3 rings (SSSR count). The van der Waals surface area contributed by atoms with Crippen molar-refractivity contribution in [2.45, 2.75) is 26.3 Å². The van der Waals surface area contributed by atoms with Gasteiger partial charge in [-0.2, -0.15) is 0 Å². The van der Waals surface area contributed by atoms with Gasteiger partial charge in [0.05, 0.1) is 24.3 Å². The van der Waals surface area contributed by atoms with E-state index in [9.17, 15) is 9.59 Å². The Morgan fingerprint density at radius 2 is 1.96 bits per heavy atom. The van der Waals surface area contributed by atoms with Crippen molar-refractivity contribution in [3.8, 4) is 5.75 Å². The minimum Gasteiger partial charge on any atom is -0.492 e. The van der Waals surface area contributed by atoms with Crippen molar-refractivity contribution in [2.75, 3.05) is 18.1 Å². The molecule has 27 heavy (non-hydrogen) atoms. The van der Waals surface area contributed by atoms with Crippen LogP contribution in [0.3, 0.4) is 0 Å². The van der Waals surface area contributed by atoms with Gasteiger partial charge in [-0.05, 0) is 37.6 Å². The third kappa shape index (κ3) is 4.25. The Bertz CT molecular complexity index is 840. The molecule has 0 radical (unpaired) electrons. The van der Waals surface area contributed by atoms with Crippen LogP contribution in [0.2, 0.25) is 5.02 Å². The molecule has 1 N–H and O–H groups in total. The average Bonchev–Trinajstić information content (AvgIpc) is 3.04. The molecular formula is C21H23ClN2O3. The number of ether oxygens (including phenoxy) is 1. The van der Waals surface area contributed by atoms with Crippen molar-refractivity contribution in [2.24, 2.45) is 5.92 Å². The van der Waals surface area contributed by atoms with Gasteiger partial charge in [-0.25, -0.2) is 0 Å². The zero-order valence-corrected chi connectivity index (χ0v) is 16.2. The van der Waals surface area contributed by atoms with E-state index in [1.165, 1.54) is 0 Å². The number of nitrogens with one attached hydrogen (secondary N) is 1. The molecule has 6 heteroatoms. The molecule has 2 aromatic rings. The molecule has 1 aliphatic heterocycles. The largest absolute Gasteiger partial charge is 0.492 e. The van der Waals surface area contributed by atoms with Crippen LogP contribution in [0.25, 0.3) is 0 Å². The number of nitrogens with zero attached hydrogens (tertiary/aromatic N) is 1. The lowest BCUT2D eigenvalue weighted by Crippen LogP contribution is -2.34. The van der Waals surface area contributed by atoms with E-state index in [1.54, 1.807) is 11.0 Å². The van der Waals surface area contributed by atoms with E-state index < -0.39 is 5.92 Å². The number of hydrogen-bond donors (Lipinski definition) is 1. The predicted octanol–water partition coefficient (Wildman–Crippen LogP) is 3.97. The Labute approximate surface area is 164 Å². The average molecular weight is 387 g/mol. The van der Waals surface area contributed by atoms with Crippen LogP contribution in [0, 0.1) is 5.92 Å². The molecule has 1 fully saturated rings. The van der Waals surface area contributed by atoms with Gasteiger partial charge in [-0.1, -0.05) is 41.9 Å². The summed E-state index contributed by atoms with van der Waals surface area (Å²) < 4.78 is 5.62. The van der Waals surface area contributed by atoms with Crippen LogP contribution in [-0.2, 0) is 9.59 Å². The van der Waals surface area contributed by atoms with Gasteiger partial charge in [0.25, 0.3) is 0 Å². The highest BCUT2D eigenvalue weighted by atomic mass is 35.5. The van der Waals surface area contributed by atoms with Gasteiger partial charge in [-0.15, -0.1) is 0 Å². The first-order valence-corrected chi connectivity index (χ1v) is 9.46. The molecule has 2 aromatic carbocycles. The van der Waals surface area contributed by atoms with Crippen molar-refractivity contribution in [3.63, 3.8) is 0 Å². The molecule has 2 atom stereocenters. The molecule has 0 aliphatic carbocycles. The number of carbonyl (C=O) groups is 2. The van der Waals surface area contributed by atoms with Gasteiger partial charge in [0, 0.05) is 18.0 Å². The topological polar surface area (TPSA) is 58.6 Å². The van der Waals surface area contributed by atoms with Gasteiger partial charge >= 0.3 is 0 Å². The van der Waals surface area contributed by atoms with E-state index in [4.69, 9.17) is 16.3 Å². The monoisotopic (exact) mass is 386 g/mol. The second-order valence-electron chi connectivity index (χ2n) is 6.56. The van der Waals surface area contributed by atoms with E-state index >= 15 is 0 Å². The highest BCUT2D eigenvalue weighted by molar-refractivity contribution is 6.31. The summed E-state index contributed by atoms with van der Waals surface area (Å²) in [5.74, 6) is 0.0239. The number of hydrogen-bond acceptors (Lipinski definition) is 3. The first-order valence-electron chi connectivity index (χ1n) is 9.08. The highest BCUT2D eigenvalue weighted by Gasteiger charge is 2.36. The summed E-state index contributed by atoms with van der Waals surface area (Å²) in [7, 11) is 0. The number of para-hydroxylation sites is 2. The van der Waals surface area contributed by atoms with Gasteiger partial charge in [-0.3, -0.25) is 9.59 Å². The van der Waals surface area contributed by atoms with Crippen LogP contribution >= 0.6 is 11.6 Å². The van der Waals surface area contributed by atoms with Gasteiger partial charge in [0.2, 0.25) is 11.8 Å². The van der Waals surface area contributed by atoms with Crippen LogP contribution < -0.4 is 15.0 Å². The molecule has 5 nitrogen and oxygen atoms in total. The second-order valence-corrected chi connectivity index (χ2v) is 6.97. The summed E-state index contributed by atoms with van der Waals surface area (Å²) >= 11 is 6.21. The van der Waals surface area contributed by atoms with Gasteiger partial charge in [0.1, 0.15) is 5.75 Å². The number of amides is 2. The predicted molar refractivity (Wildman–Crippen MR) is 106 cm³/mol. The summed E-state index contributed by atoms with van der Waals surface area (Å²) in [6.45, 7) is 4.63. The van der Waals surface area contributed by atoms with Crippen molar-refractivity contribution < 1.29 is 14.3 Å². The lowest BCUT2D eigenvalue weighted by Gasteiger charge is -2.21. The second kappa shape index (κ2) is 8.44. The first kappa shape index (κ1) is 19.2. The smallest absolute Gasteiger partial charge is 0.227 e. The summed E-state index contributed by atoms with van der Waals surface area (Å²) in [4.78, 5) is 26.9. The van der Waals surface area contributed by atoms with E-state index in [1.807, 2.05) is 56.3 Å². The van der Waals surface area contributed by atoms with Gasteiger partial charge in [0.15, 0.2) is 0 Å². The van der Waals surface area contributed by atoms with Crippen molar-refractivity contribution >= 4 is 29.1 Å². The van der Waals surface area contributed by atoms with E-state index in [0.29, 0.717) is 29.6 Å². The zero-order valence-electron chi connectivity index (χ0n) is 15.4. The number of benzene rings is 2. The van der Waals surface area contributed by atoms with Gasteiger partial charge < -0.3 is 15.0 Å². The number of carbonyl (C=O) groups excluding carboxylic acids is 2. The third-order valence-corrected chi connectivity index (χ3v) is 5.03. The van der Waals surface area contributed by atoms with Crippen LogP contribution in [0.15, 0.2) is 48.5 Å². The van der Waals surface area contributed by atoms with Crippen molar-refractivity contribution in [3.05, 3.63) is 59.1 Å². The SMILES string of the molecule is CCOc1ccccc1N1CC(C(=O)NC(C)c2ccccc2Cl)CC1=O. The Morgan fingerprint density at radius 3 is 2.70 bits per heavy atom. The minimum atomic E-state index is -0.405. The van der Waals surface area contributed by atoms with E-state index in [2.05, 4.69) is 5.32 Å². The molecule has 0 saturated carbocycles. The molecular weight excluding hydrogens is 364 g/mol. The number of rotatable bonds is 6. The Hall–Kier alpha value is -2.53. The maximum Gasteiger partial charge on any atom is 0.227 e. The molecule has 2 unspecified atom stereocenters. The summed E-state index contributed by atoms with van der Waals surface area (Å²) in [6, 6.07) is 14.6. The maximum atomic E-state index is 12.7. The van der Waals surface area contributed by atoms with E-state index in [0.717, 1.165) is 5.56 Å². The molecule has 1 heterocycles. The normalized spacial score (nSPS) is 17.7. The first-order chi connectivity index (χ1) is 13.0. The maximum absolute atomic E-state index is 12.7. The fourth-order valence-electron chi connectivity index (χ4n) is 3.31. The van der Waals surface area contributed by atoms with Crippen LogP contribution in [0.4, 0.5) is 5.69 Å². The Kier molecular flexibility index (Phi) is 6.01. The quantitative estimate of drug-likeness (QED) is 0.817. The minimum absolute atomic E-state index is 0.0762. The molecule has 2 amide bonds. The summed E-state index contributed by atoms with van der Waals surface area (Å²) in [5.41, 5.74) is 1.56. The molecule has 1 saturated heterocycles.